The first-order chi connectivity index (χ1) is 13.1. The van der Waals surface area contributed by atoms with E-state index in [4.69, 9.17) is 11.5 Å². The van der Waals surface area contributed by atoms with Crippen LogP contribution in [0.4, 0.5) is 11.5 Å². The van der Waals surface area contributed by atoms with Gasteiger partial charge in [0.2, 0.25) is 0 Å². The summed E-state index contributed by atoms with van der Waals surface area (Å²) in [5.41, 5.74) is 18.2. The number of fused-ring (bicyclic) bond motifs is 2. The molecule has 132 valence electrons. The summed E-state index contributed by atoms with van der Waals surface area (Å²) in [6, 6.07) is 14.3. The highest BCUT2D eigenvalue weighted by atomic mass is 32.1. The van der Waals surface area contributed by atoms with Crippen LogP contribution >= 0.6 is 22.7 Å². The molecule has 4 nitrogen and oxygen atoms in total. The van der Waals surface area contributed by atoms with E-state index in [1.807, 2.05) is 37.4 Å². The normalized spacial score (nSPS) is 11.4. The third-order valence-electron chi connectivity index (χ3n) is 4.65. The molecule has 4 N–H and O–H groups in total. The third kappa shape index (κ3) is 2.65. The number of nitrogens with two attached hydrogens (primary N) is 2. The van der Waals surface area contributed by atoms with Crippen LogP contribution in [-0.2, 0) is 0 Å². The standard InChI is InChI=1S/C21H16N4S2/c1-11-25-17-8-13(4-7-18(17)27-11)15-9-24-21(23)19-16(10-26-20(15)19)12-2-5-14(22)6-3-12/h2-10H,22H2,1H3,(H2,23,24). The fourth-order valence-electron chi connectivity index (χ4n) is 3.36. The molecule has 3 heterocycles. The Morgan fingerprint density at radius 2 is 1.70 bits per heavy atom. The van der Waals surface area contributed by atoms with E-state index in [-0.39, 0.29) is 0 Å². The van der Waals surface area contributed by atoms with Gasteiger partial charge in [0.25, 0.3) is 0 Å². The molecule has 0 saturated heterocycles. The molecular weight excluding hydrogens is 372 g/mol. The second-order valence-electron chi connectivity index (χ2n) is 6.45. The number of hydrogen-bond donors (Lipinski definition) is 2. The van der Waals surface area contributed by atoms with Crippen LogP contribution in [-0.4, -0.2) is 9.97 Å². The van der Waals surface area contributed by atoms with Crippen molar-refractivity contribution in [2.75, 3.05) is 11.5 Å². The SMILES string of the molecule is Cc1nc2cc(-c3cnc(N)c4c(-c5ccc(N)cc5)csc34)ccc2s1. The quantitative estimate of drug-likeness (QED) is 0.380. The van der Waals surface area contributed by atoms with Crippen LogP contribution in [0.5, 0.6) is 0 Å². The van der Waals surface area contributed by atoms with Gasteiger partial charge in [0.15, 0.2) is 0 Å². The van der Waals surface area contributed by atoms with Crippen molar-refractivity contribution >= 4 is 54.5 Å². The predicted octanol–water partition coefficient (Wildman–Crippen LogP) is 5.71. The number of benzene rings is 2. The minimum Gasteiger partial charge on any atom is -0.399 e. The number of rotatable bonds is 2. The number of nitrogen functional groups attached to an aromatic ring is 2. The zero-order valence-corrected chi connectivity index (χ0v) is 16.2. The Hall–Kier alpha value is -2.96. The molecule has 0 fully saturated rings. The zero-order valence-electron chi connectivity index (χ0n) is 14.6. The summed E-state index contributed by atoms with van der Waals surface area (Å²) in [7, 11) is 0. The number of hydrogen-bond acceptors (Lipinski definition) is 6. The van der Waals surface area contributed by atoms with Crippen molar-refractivity contribution in [3.8, 4) is 22.3 Å². The highest BCUT2D eigenvalue weighted by Gasteiger charge is 2.15. The Bertz CT molecular complexity index is 1300. The fourth-order valence-corrected chi connectivity index (χ4v) is 5.29. The van der Waals surface area contributed by atoms with Crippen LogP contribution in [0.1, 0.15) is 5.01 Å². The van der Waals surface area contributed by atoms with Crippen molar-refractivity contribution in [1.82, 2.24) is 9.97 Å². The van der Waals surface area contributed by atoms with Crippen molar-refractivity contribution in [3.63, 3.8) is 0 Å². The van der Waals surface area contributed by atoms with Crippen molar-refractivity contribution in [2.45, 2.75) is 6.92 Å². The number of thiophene rings is 1. The van der Waals surface area contributed by atoms with Gasteiger partial charge >= 0.3 is 0 Å². The predicted molar refractivity (Wildman–Crippen MR) is 117 cm³/mol. The minimum atomic E-state index is 0.549. The van der Waals surface area contributed by atoms with Gasteiger partial charge in [0, 0.05) is 33.1 Å². The maximum atomic E-state index is 6.27. The molecule has 3 aromatic heterocycles. The summed E-state index contributed by atoms with van der Waals surface area (Å²) in [5, 5.41) is 4.21. The molecule has 0 aliphatic heterocycles. The molecule has 0 aliphatic carbocycles. The van der Waals surface area contributed by atoms with E-state index in [2.05, 4.69) is 33.5 Å². The van der Waals surface area contributed by atoms with E-state index >= 15 is 0 Å². The second-order valence-corrected chi connectivity index (χ2v) is 8.56. The van der Waals surface area contributed by atoms with Gasteiger partial charge in [-0.15, -0.1) is 22.7 Å². The molecule has 2 aromatic carbocycles. The Morgan fingerprint density at radius 3 is 2.52 bits per heavy atom. The van der Waals surface area contributed by atoms with Crippen molar-refractivity contribution in [3.05, 3.63) is 59.0 Å². The van der Waals surface area contributed by atoms with Crippen LogP contribution in [0.3, 0.4) is 0 Å². The third-order valence-corrected chi connectivity index (χ3v) is 6.62. The fraction of sp³-hybridized carbons (Fsp3) is 0.0476. The molecule has 5 rings (SSSR count). The first kappa shape index (κ1) is 16.2. The van der Waals surface area contributed by atoms with Gasteiger partial charge in [0.05, 0.1) is 15.2 Å². The van der Waals surface area contributed by atoms with Crippen LogP contribution in [0, 0.1) is 6.92 Å². The summed E-state index contributed by atoms with van der Waals surface area (Å²) in [4.78, 5) is 9.11. The van der Waals surface area contributed by atoms with E-state index in [0.29, 0.717) is 5.82 Å². The molecule has 0 spiro atoms. The summed E-state index contributed by atoms with van der Waals surface area (Å²) in [5.74, 6) is 0.549. The number of thiazole rings is 1. The van der Waals surface area contributed by atoms with Gasteiger partial charge in [-0.05, 0) is 47.7 Å². The lowest BCUT2D eigenvalue weighted by Crippen LogP contribution is -1.93. The lowest BCUT2D eigenvalue weighted by molar-refractivity contribution is 1.34. The lowest BCUT2D eigenvalue weighted by atomic mass is 10.0. The van der Waals surface area contributed by atoms with Gasteiger partial charge in [-0.25, -0.2) is 9.97 Å². The van der Waals surface area contributed by atoms with Crippen LogP contribution in [0.25, 0.3) is 42.6 Å². The monoisotopic (exact) mass is 388 g/mol. The zero-order chi connectivity index (χ0) is 18.5. The number of nitrogens with zero attached hydrogens (tertiary/aromatic N) is 2. The average molecular weight is 389 g/mol. The molecule has 0 saturated carbocycles. The molecule has 0 bridgehead atoms. The molecule has 27 heavy (non-hydrogen) atoms. The van der Waals surface area contributed by atoms with Crippen LogP contribution < -0.4 is 11.5 Å². The van der Waals surface area contributed by atoms with Crippen molar-refractivity contribution < 1.29 is 0 Å². The maximum Gasteiger partial charge on any atom is 0.132 e. The van der Waals surface area contributed by atoms with Gasteiger partial charge in [-0.1, -0.05) is 18.2 Å². The second kappa shape index (κ2) is 6.04. The summed E-state index contributed by atoms with van der Waals surface area (Å²) >= 11 is 3.40. The molecule has 0 radical (unpaired) electrons. The summed E-state index contributed by atoms with van der Waals surface area (Å²) in [6.07, 6.45) is 1.86. The topological polar surface area (TPSA) is 77.8 Å². The van der Waals surface area contributed by atoms with E-state index < -0.39 is 0 Å². The largest absolute Gasteiger partial charge is 0.399 e. The molecule has 0 atom stereocenters. The van der Waals surface area contributed by atoms with Gasteiger partial charge in [-0.2, -0.15) is 0 Å². The lowest BCUT2D eigenvalue weighted by Gasteiger charge is -2.07. The first-order valence-electron chi connectivity index (χ1n) is 8.49. The number of aromatic nitrogens is 2. The molecule has 0 aliphatic rings. The maximum absolute atomic E-state index is 6.27. The molecule has 6 heteroatoms. The molecule has 0 unspecified atom stereocenters. The Kier molecular flexibility index (Phi) is 3.63. The molecule has 5 aromatic rings. The van der Waals surface area contributed by atoms with Crippen LogP contribution in [0.15, 0.2) is 54.0 Å². The summed E-state index contributed by atoms with van der Waals surface area (Å²) in [6.45, 7) is 2.03. The highest BCUT2D eigenvalue weighted by Crippen LogP contribution is 2.42. The van der Waals surface area contributed by atoms with Gasteiger partial charge in [0.1, 0.15) is 5.82 Å². The number of anilines is 2. The van der Waals surface area contributed by atoms with E-state index in [1.54, 1.807) is 22.7 Å². The number of pyridine rings is 1. The molecule has 0 amide bonds. The summed E-state index contributed by atoms with van der Waals surface area (Å²) < 4.78 is 2.34. The van der Waals surface area contributed by atoms with Crippen molar-refractivity contribution in [2.24, 2.45) is 0 Å². The first-order valence-corrected chi connectivity index (χ1v) is 10.2. The van der Waals surface area contributed by atoms with Crippen LogP contribution in [0.2, 0.25) is 0 Å². The number of aryl methyl sites for hydroxylation is 1. The minimum absolute atomic E-state index is 0.549. The van der Waals surface area contributed by atoms with Gasteiger partial charge in [-0.3, -0.25) is 0 Å². The Labute approximate surface area is 164 Å². The average Bonchev–Trinajstić information content (AvgIpc) is 3.25. The van der Waals surface area contributed by atoms with E-state index in [0.717, 1.165) is 48.6 Å². The van der Waals surface area contributed by atoms with E-state index in [9.17, 15) is 0 Å². The van der Waals surface area contributed by atoms with Gasteiger partial charge < -0.3 is 11.5 Å². The Balaban J connectivity index is 1.73. The van der Waals surface area contributed by atoms with Crippen molar-refractivity contribution in [1.29, 1.82) is 0 Å². The highest BCUT2D eigenvalue weighted by molar-refractivity contribution is 7.19. The Morgan fingerprint density at radius 1 is 0.926 bits per heavy atom. The van der Waals surface area contributed by atoms with E-state index in [1.165, 1.54) is 4.70 Å². The molecular formula is C21H16N4S2. The smallest absolute Gasteiger partial charge is 0.132 e.